The van der Waals surface area contributed by atoms with Gasteiger partial charge in [-0.15, -0.1) is 0 Å². The van der Waals surface area contributed by atoms with E-state index in [-0.39, 0.29) is 17.7 Å². The number of rotatable bonds is 41. The predicted molar refractivity (Wildman–Crippen MR) is 285 cm³/mol. The molecule has 0 saturated carbocycles. The van der Waals surface area contributed by atoms with Crippen molar-refractivity contribution >= 4 is 53.2 Å². The van der Waals surface area contributed by atoms with E-state index in [9.17, 15) is 14.4 Å². The van der Waals surface area contributed by atoms with E-state index >= 15 is 0 Å². The molecule has 21 heteroatoms. The molecule has 4 heterocycles. The Balaban J connectivity index is 0.904. The first kappa shape index (κ1) is 57.9. The van der Waals surface area contributed by atoms with Gasteiger partial charge >= 0.3 is 0 Å². The number of guanidine groups is 2. The summed E-state index contributed by atoms with van der Waals surface area (Å²) in [7, 11) is 0. The number of benzene rings is 1. The van der Waals surface area contributed by atoms with Gasteiger partial charge in [0.25, 0.3) is 5.91 Å². The topological polar surface area (TPSA) is 263 Å². The number of thioether (sulfide) groups is 2. The second kappa shape index (κ2) is 35.2. The van der Waals surface area contributed by atoms with Gasteiger partial charge in [-0.1, -0.05) is 68.6 Å². The molecular formula is C50H85N13O6S2. The Morgan fingerprint density at radius 1 is 0.620 bits per heavy atom. The van der Waals surface area contributed by atoms with Crippen molar-refractivity contribution in [1.82, 2.24) is 42.1 Å². The van der Waals surface area contributed by atoms with Crippen molar-refractivity contribution in [3.05, 3.63) is 45.8 Å². The van der Waals surface area contributed by atoms with Crippen molar-refractivity contribution in [2.75, 3.05) is 90.4 Å². The summed E-state index contributed by atoms with van der Waals surface area (Å²) >= 11 is 3.95. The lowest BCUT2D eigenvalue weighted by Crippen LogP contribution is -2.36. The summed E-state index contributed by atoms with van der Waals surface area (Å²) in [6.45, 7) is 7.48. The molecule has 71 heavy (non-hydrogen) atoms. The number of carbonyl (C=O) groups is 3. The van der Waals surface area contributed by atoms with Crippen LogP contribution < -0.4 is 37.2 Å². The van der Waals surface area contributed by atoms with Crippen LogP contribution in [0, 0.1) is 10.8 Å². The van der Waals surface area contributed by atoms with E-state index < -0.39 is 0 Å². The minimum absolute atomic E-state index is 0.128. The van der Waals surface area contributed by atoms with Crippen molar-refractivity contribution in [2.45, 2.75) is 157 Å². The lowest BCUT2D eigenvalue weighted by molar-refractivity contribution is -0.122. The molecule has 19 nitrogen and oxygen atoms in total. The van der Waals surface area contributed by atoms with Crippen LogP contribution in [0.4, 0.5) is 0 Å². The molecular weight excluding hydrogens is 943 g/mol. The Hall–Kier alpha value is -3.98. The van der Waals surface area contributed by atoms with E-state index in [0.717, 1.165) is 147 Å². The smallest absolute Gasteiger partial charge is 0.251 e. The maximum Gasteiger partial charge on any atom is 0.251 e. The number of hydrogen-bond donors (Lipinski definition) is 9. The lowest BCUT2D eigenvalue weighted by Gasteiger charge is -2.23. The summed E-state index contributed by atoms with van der Waals surface area (Å²) in [4.78, 5) is 43.0. The maximum atomic E-state index is 12.8. The largest absolute Gasteiger partial charge is 0.379 e. The highest BCUT2D eigenvalue weighted by molar-refractivity contribution is 8.00. The van der Waals surface area contributed by atoms with Crippen LogP contribution in [0.25, 0.3) is 10.4 Å². The zero-order valence-corrected chi connectivity index (χ0v) is 43.8. The van der Waals surface area contributed by atoms with E-state index in [0.29, 0.717) is 118 Å². The minimum atomic E-state index is -0.128. The fourth-order valence-corrected chi connectivity index (χ4v) is 12.6. The van der Waals surface area contributed by atoms with Crippen molar-refractivity contribution in [3.8, 4) is 0 Å². The van der Waals surface area contributed by atoms with Crippen molar-refractivity contribution in [3.63, 3.8) is 0 Å². The second-order valence-electron chi connectivity index (χ2n) is 19.1. The predicted octanol–water partition coefficient (Wildman–Crippen LogP) is 5.79. The monoisotopic (exact) mass is 1030 g/mol. The van der Waals surface area contributed by atoms with E-state index in [4.69, 9.17) is 30.6 Å². The summed E-state index contributed by atoms with van der Waals surface area (Å²) in [6, 6.07) is 9.34. The summed E-state index contributed by atoms with van der Waals surface area (Å²) in [5.41, 5.74) is 10.1. The van der Waals surface area contributed by atoms with Crippen molar-refractivity contribution < 1.29 is 28.6 Å². The summed E-state index contributed by atoms with van der Waals surface area (Å²) < 4.78 is 16.3. The SMILES string of the molecule is [N-]=[N+]=NCCOCCOCCOCCNC(=O)c1ccc(CN(CCCCCCCNC(=O)CCCCC2SCC3NC(=N)NC32)CCCCCCCNC(=O)CCCCC2SCC3NC(=N)NC32)cc1. The van der Waals surface area contributed by atoms with Crippen molar-refractivity contribution in [1.29, 1.82) is 10.8 Å². The third-order valence-corrected chi connectivity index (χ3v) is 16.5. The highest BCUT2D eigenvalue weighted by Crippen LogP contribution is 2.34. The average Bonchev–Trinajstić information content (AvgIpc) is 4.14. The van der Waals surface area contributed by atoms with Crippen LogP contribution in [-0.4, -0.2) is 160 Å². The quantitative estimate of drug-likeness (QED) is 0.0163. The standard InChI is InChI=1S/C50H85N13O6S2/c51-49-58-40-36-70-42(46(40)60-49)15-7-9-17-44(64)54-23-11-3-1-5-13-27-63(28-14-6-2-4-12-24-55-45(65)18-10-8-16-43-47-41(37-71-43)59-50(52)61-47)35-38-19-21-39(22-20-38)48(66)56-25-29-67-31-33-69-34-32-68-30-26-57-62-53/h19-22,40-43,46-47H,1-18,23-37H2,(H,54,64)(H,55,65)(H,56,66)(H3,51,58,60)(H3,52,59,61). The molecule has 4 aliphatic rings. The molecule has 9 N–H and O–H groups in total. The van der Waals surface area contributed by atoms with Gasteiger partial charge in [0.05, 0.1) is 63.8 Å². The van der Waals surface area contributed by atoms with Gasteiger partial charge in [0.1, 0.15) is 0 Å². The highest BCUT2D eigenvalue weighted by Gasteiger charge is 2.42. The molecule has 6 atom stereocenters. The van der Waals surface area contributed by atoms with Crippen molar-refractivity contribution in [2.24, 2.45) is 5.11 Å². The fourth-order valence-electron chi connectivity index (χ4n) is 9.55. The Labute approximate surface area is 431 Å². The van der Waals surface area contributed by atoms with Gasteiger partial charge in [-0.05, 0) is 87.7 Å². The van der Waals surface area contributed by atoms with Crippen LogP contribution >= 0.6 is 23.5 Å². The molecule has 1 aromatic carbocycles. The number of ether oxygens (including phenoxy) is 3. The molecule has 6 unspecified atom stereocenters. The van der Waals surface area contributed by atoms with E-state index in [2.05, 4.69) is 64.3 Å². The van der Waals surface area contributed by atoms with Gasteiger partial charge in [-0.2, -0.15) is 23.5 Å². The summed E-state index contributed by atoms with van der Waals surface area (Å²) in [5.74, 6) is 3.16. The number of carbonyl (C=O) groups excluding carboxylic acids is 3. The molecule has 3 amide bonds. The number of fused-ring (bicyclic) bond motifs is 2. The molecule has 5 rings (SSSR count). The number of amides is 3. The molecule has 1 aromatic rings. The normalized spacial score (nSPS) is 20.9. The average molecular weight is 1030 g/mol. The zero-order valence-electron chi connectivity index (χ0n) is 42.2. The van der Waals surface area contributed by atoms with Gasteiger partial charge < -0.3 is 51.4 Å². The first-order chi connectivity index (χ1) is 34.8. The number of hydrogen-bond acceptors (Lipinski definition) is 12. The number of nitrogens with one attached hydrogen (secondary N) is 9. The van der Waals surface area contributed by atoms with Crippen LogP contribution in [0.5, 0.6) is 0 Å². The van der Waals surface area contributed by atoms with Gasteiger partial charge in [-0.3, -0.25) is 30.1 Å². The Kier molecular flexibility index (Phi) is 28.7. The first-order valence-electron chi connectivity index (χ1n) is 26.6. The molecule has 0 aliphatic carbocycles. The van der Waals surface area contributed by atoms with Crippen LogP contribution in [0.1, 0.15) is 131 Å². The molecule has 4 aliphatic heterocycles. The second-order valence-corrected chi connectivity index (χ2v) is 21.6. The van der Waals surface area contributed by atoms with Gasteiger partial charge in [0.2, 0.25) is 11.8 Å². The Bertz CT molecular complexity index is 1700. The lowest BCUT2D eigenvalue weighted by atomic mass is 10.0. The summed E-state index contributed by atoms with van der Waals surface area (Å²) in [6.07, 6.45) is 18.2. The number of unbranched alkanes of at least 4 members (excludes halogenated alkanes) is 10. The minimum Gasteiger partial charge on any atom is -0.379 e. The van der Waals surface area contributed by atoms with Crippen LogP contribution in [0.15, 0.2) is 29.4 Å². The van der Waals surface area contributed by atoms with E-state index in [1.807, 2.05) is 35.7 Å². The number of nitrogens with zero attached hydrogens (tertiary/aromatic N) is 4. The molecule has 398 valence electrons. The summed E-state index contributed by atoms with van der Waals surface area (Å²) in [5, 5.41) is 42.2. The van der Waals surface area contributed by atoms with E-state index in [1.54, 1.807) is 0 Å². The van der Waals surface area contributed by atoms with Crippen LogP contribution in [-0.2, 0) is 30.3 Å². The zero-order chi connectivity index (χ0) is 50.1. The Morgan fingerprint density at radius 3 is 1.65 bits per heavy atom. The maximum absolute atomic E-state index is 12.8. The molecule has 0 radical (unpaired) electrons. The molecule has 0 aromatic heterocycles. The van der Waals surface area contributed by atoms with Crippen LogP contribution in [0.3, 0.4) is 0 Å². The first-order valence-corrected chi connectivity index (χ1v) is 28.7. The molecule has 0 bridgehead atoms. The van der Waals surface area contributed by atoms with Gasteiger partial charge in [-0.25, -0.2) is 0 Å². The molecule has 0 spiro atoms. The van der Waals surface area contributed by atoms with Gasteiger partial charge in [0.15, 0.2) is 11.9 Å². The number of azide groups is 1. The highest BCUT2D eigenvalue weighted by atomic mass is 32.2. The molecule has 4 fully saturated rings. The third-order valence-electron chi connectivity index (χ3n) is 13.5. The third kappa shape index (κ3) is 23.6. The Morgan fingerprint density at radius 2 is 1.11 bits per heavy atom. The van der Waals surface area contributed by atoms with Gasteiger partial charge in [0, 0.05) is 78.0 Å². The molecule has 4 saturated heterocycles. The van der Waals surface area contributed by atoms with E-state index in [1.165, 1.54) is 5.56 Å². The van der Waals surface area contributed by atoms with Crippen LogP contribution in [0.2, 0.25) is 0 Å². The fraction of sp³-hybridized carbons (Fsp3) is 0.780.